The Morgan fingerprint density at radius 3 is 1.85 bits per heavy atom. The Balaban J connectivity index is 2.00. The van der Waals surface area contributed by atoms with Gasteiger partial charge in [0, 0.05) is 32.2 Å². The minimum atomic E-state index is -0.601. The van der Waals surface area contributed by atoms with Crippen molar-refractivity contribution in [3.63, 3.8) is 0 Å². The van der Waals surface area contributed by atoms with E-state index in [4.69, 9.17) is 0 Å². The average molecular weight is 360 g/mol. The van der Waals surface area contributed by atoms with Gasteiger partial charge in [0.05, 0.1) is 21.5 Å². The molecule has 0 saturated carbocycles. The molecule has 140 valence electrons. The lowest BCUT2D eigenvalue weighted by Gasteiger charge is -2.40. The van der Waals surface area contributed by atoms with Crippen LogP contribution in [0.25, 0.3) is 6.08 Å². The first-order chi connectivity index (χ1) is 12.6. The fourth-order valence-corrected chi connectivity index (χ4v) is 3.69. The van der Waals surface area contributed by atoms with Gasteiger partial charge < -0.3 is 9.80 Å². The molecule has 1 aromatic rings. The molecule has 8 nitrogen and oxygen atoms in total. The molecule has 26 heavy (non-hydrogen) atoms. The van der Waals surface area contributed by atoms with Gasteiger partial charge in [-0.25, -0.2) is 0 Å². The quantitative estimate of drug-likeness (QED) is 0.586. The lowest BCUT2D eigenvalue weighted by Crippen LogP contribution is -2.40. The second kappa shape index (κ2) is 8.16. The van der Waals surface area contributed by atoms with Crippen LogP contribution in [0.15, 0.2) is 24.0 Å². The number of nitrogens with zero attached hydrogens (tertiary/aromatic N) is 4. The normalized spacial score (nSPS) is 17.7. The van der Waals surface area contributed by atoms with Crippen LogP contribution in [0.3, 0.4) is 0 Å². The molecule has 2 saturated heterocycles. The Labute approximate surface area is 152 Å². The number of non-ortho nitro benzene ring substituents is 1. The zero-order valence-electron chi connectivity index (χ0n) is 14.8. The summed E-state index contributed by atoms with van der Waals surface area (Å²) in [4.78, 5) is 25.9. The van der Waals surface area contributed by atoms with Crippen molar-refractivity contribution in [3.8, 4) is 0 Å². The molecular weight excluding hydrogens is 336 g/mol. The molecule has 2 fully saturated rings. The Bertz CT molecular complexity index is 687. The fourth-order valence-electron chi connectivity index (χ4n) is 3.69. The molecule has 2 aliphatic heterocycles. The van der Waals surface area contributed by atoms with E-state index >= 15 is 0 Å². The maximum atomic E-state index is 11.5. The molecule has 0 amide bonds. The largest absolute Gasteiger partial charge is 0.358 e. The zero-order chi connectivity index (χ0) is 18.5. The van der Waals surface area contributed by atoms with Gasteiger partial charge in [-0.2, -0.15) is 0 Å². The molecular formula is C18H24N4O4. The molecule has 3 rings (SSSR count). The van der Waals surface area contributed by atoms with Crippen molar-refractivity contribution in [2.45, 2.75) is 38.5 Å². The Hall–Kier alpha value is -2.64. The SMILES string of the molecule is O=[N+]([O-])c1ccc(C=C(N2CCCCC2)N2CCCCC2)c([N+](=O)[O-])c1. The summed E-state index contributed by atoms with van der Waals surface area (Å²) in [6.07, 6.45) is 8.74. The van der Waals surface area contributed by atoms with Crippen LogP contribution in [0.2, 0.25) is 0 Å². The minimum absolute atomic E-state index is 0.217. The predicted molar refractivity (Wildman–Crippen MR) is 98.6 cm³/mol. The van der Waals surface area contributed by atoms with Gasteiger partial charge in [0.15, 0.2) is 0 Å². The van der Waals surface area contributed by atoms with Crippen molar-refractivity contribution in [2.75, 3.05) is 26.2 Å². The third kappa shape index (κ3) is 4.12. The molecule has 0 bridgehead atoms. The number of nitro benzene ring substituents is 2. The van der Waals surface area contributed by atoms with Gasteiger partial charge in [-0.15, -0.1) is 0 Å². The van der Waals surface area contributed by atoms with Crippen LogP contribution in [-0.4, -0.2) is 45.8 Å². The van der Waals surface area contributed by atoms with E-state index in [0.717, 1.165) is 63.7 Å². The van der Waals surface area contributed by atoms with Crippen LogP contribution >= 0.6 is 0 Å². The maximum absolute atomic E-state index is 11.5. The molecule has 0 aliphatic carbocycles. The van der Waals surface area contributed by atoms with Crippen molar-refractivity contribution >= 4 is 17.5 Å². The average Bonchev–Trinajstić information content (AvgIpc) is 2.67. The van der Waals surface area contributed by atoms with Gasteiger partial charge in [0.25, 0.3) is 11.4 Å². The highest BCUT2D eigenvalue weighted by molar-refractivity contribution is 5.65. The molecule has 0 radical (unpaired) electrons. The highest BCUT2D eigenvalue weighted by Crippen LogP contribution is 2.29. The Morgan fingerprint density at radius 1 is 0.846 bits per heavy atom. The number of likely N-dealkylation sites (tertiary alicyclic amines) is 2. The molecule has 0 aromatic heterocycles. The second-order valence-electron chi connectivity index (χ2n) is 6.86. The Morgan fingerprint density at radius 2 is 1.38 bits per heavy atom. The standard InChI is InChI=1S/C18H24N4O4/c23-21(24)16-8-7-15(17(14-16)22(25)26)13-18(19-9-3-1-4-10-19)20-11-5-2-6-12-20/h7-8,13-14H,1-6,9-12H2. The molecule has 0 unspecified atom stereocenters. The van der Waals surface area contributed by atoms with Gasteiger partial charge in [-0.3, -0.25) is 20.2 Å². The third-order valence-electron chi connectivity index (χ3n) is 5.07. The van der Waals surface area contributed by atoms with Crippen LogP contribution in [0, 0.1) is 20.2 Å². The number of hydrogen-bond acceptors (Lipinski definition) is 6. The number of nitro groups is 2. The Kier molecular flexibility index (Phi) is 5.70. The first-order valence-electron chi connectivity index (χ1n) is 9.21. The van der Waals surface area contributed by atoms with Crippen molar-refractivity contribution in [1.29, 1.82) is 0 Å². The van der Waals surface area contributed by atoms with Crippen LogP contribution < -0.4 is 0 Å². The highest BCUT2D eigenvalue weighted by Gasteiger charge is 2.24. The summed E-state index contributed by atoms with van der Waals surface area (Å²) >= 11 is 0. The van der Waals surface area contributed by atoms with Crippen molar-refractivity contribution in [2.24, 2.45) is 0 Å². The lowest BCUT2D eigenvalue weighted by molar-refractivity contribution is -0.394. The fraction of sp³-hybridized carbons (Fsp3) is 0.556. The van der Waals surface area contributed by atoms with E-state index in [2.05, 4.69) is 9.80 Å². The number of piperidine rings is 2. The van der Waals surface area contributed by atoms with E-state index in [1.54, 1.807) is 0 Å². The number of rotatable bonds is 5. The maximum Gasteiger partial charge on any atom is 0.283 e. The van der Waals surface area contributed by atoms with Crippen LogP contribution in [0.1, 0.15) is 44.1 Å². The summed E-state index contributed by atoms with van der Waals surface area (Å²) in [5, 5.41) is 22.4. The van der Waals surface area contributed by atoms with E-state index in [-0.39, 0.29) is 11.4 Å². The van der Waals surface area contributed by atoms with Gasteiger partial charge in [-0.1, -0.05) is 0 Å². The van der Waals surface area contributed by atoms with Crippen LogP contribution in [0.5, 0.6) is 0 Å². The van der Waals surface area contributed by atoms with Crippen molar-refractivity contribution in [1.82, 2.24) is 9.80 Å². The van der Waals surface area contributed by atoms with E-state index in [1.807, 2.05) is 6.08 Å². The summed E-state index contributed by atoms with van der Waals surface area (Å²) in [5.41, 5.74) is -0.0520. The first kappa shape index (κ1) is 18.2. The van der Waals surface area contributed by atoms with Crippen molar-refractivity contribution < 1.29 is 9.85 Å². The molecule has 0 atom stereocenters. The van der Waals surface area contributed by atoms with Crippen LogP contribution in [0.4, 0.5) is 11.4 Å². The van der Waals surface area contributed by atoms with Gasteiger partial charge in [0.2, 0.25) is 0 Å². The summed E-state index contributed by atoms with van der Waals surface area (Å²) in [7, 11) is 0. The van der Waals surface area contributed by atoms with Crippen molar-refractivity contribution in [3.05, 3.63) is 49.8 Å². The zero-order valence-corrected chi connectivity index (χ0v) is 14.8. The molecule has 2 heterocycles. The van der Waals surface area contributed by atoms with Gasteiger partial charge >= 0.3 is 0 Å². The van der Waals surface area contributed by atoms with Gasteiger partial charge in [0.1, 0.15) is 5.82 Å². The predicted octanol–water partition coefficient (Wildman–Crippen LogP) is 3.77. The number of hydrogen-bond donors (Lipinski definition) is 0. The van der Waals surface area contributed by atoms with Gasteiger partial charge in [-0.05, 0) is 50.7 Å². The summed E-state index contributed by atoms with van der Waals surface area (Å²) in [6, 6.07) is 3.88. The molecule has 8 heteroatoms. The molecule has 0 spiro atoms. The van der Waals surface area contributed by atoms with E-state index in [9.17, 15) is 20.2 Å². The van der Waals surface area contributed by atoms with E-state index in [1.165, 1.54) is 25.0 Å². The minimum Gasteiger partial charge on any atom is -0.358 e. The monoisotopic (exact) mass is 360 g/mol. The molecule has 0 N–H and O–H groups in total. The molecule has 2 aliphatic rings. The highest BCUT2D eigenvalue weighted by atomic mass is 16.6. The smallest absolute Gasteiger partial charge is 0.283 e. The second-order valence-corrected chi connectivity index (χ2v) is 6.86. The lowest BCUT2D eigenvalue weighted by atomic mass is 10.1. The summed E-state index contributed by atoms with van der Waals surface area (Å²) in [5.74, 6) is 1.02. The van der Waals surface area contributed by atoms with Crippen LogP contribution in [-0.2, 0) is 0 Å². The topological polar surface area (TPSA) is 92.8 Å². The summed E-state index contributed by atoms with van der Waals surface area (Å²) < 4.78 is 0. The van der Waals surface area contributed by atoms with E-state index in [0.29, 0.717) is 5.56 Å². The summed E-state index contributed by atoms with van der Waals surface area (Å²) in [6.45, 7) is 3.79. The third-order valence-corrected chi connectivity index (χ3v) is 5.07. The first-order valence-corrected chi connectivity index (χ1v) is 9.21. The number of benzene rings is 1. The van der Waals surface area contributed by atoms with E-state index < -0.39 is 9.85 Å². The molecule has 1 aromatic carbocycles.